The van der Waals surface area contributed by atoms with Crippen molar-refractivity contribution in [3.63, 3.8) is 0 Å². The van der Waals surface area contributed by atoms with Gasteiger partial charge in [0.05, 0.1) is 5.69 Å². The minimum atomic E-state index is 0.508. The van der Waals surface area contributed by atoms with E-state index in [0.717, 1.165) is 24.0 Å². The Morgan fingerprint density at radius 1 is 1.47 bits per heavy atom. The Bertz CT molecular complexity index is 485. The fourth-order valence-corrected chi connectivity index (χ4v) is 1.73. The van der Waals surface area contributed by atoms with Gasteiger partial charge in [-0.05, 0) is 24.5 Å². The minimum Gasteiger partial charge on any atom is -0.297 e. The zero-order valence-electron chi connectivity index (χ0n) is 8.97. The van der Waals surface area contributed by atoms with E-state index in [-0.39, 0.29) is 0 Å². The lowest BCUT2D eigenvalue weighted by molar-refractivity contribution is 0.111. The summed E-state index contributed by atoms with van der Waals surface area (Å²) in [5, 5.41) is 0. The molecule has 3 heteroatoms. The number of imidazole rings is 1. The van der Waals surface area contributed by atoms with Crippen LogP contribution >= 0.6 is 0 Å². The molecule has 2 rings (SSSR count). The first-order valence-electron chi connectivity index (χ1n) is 5.13. The number of aromatic nitrogens is 2. The Morgan fingerprint density at radius 3 is 2.93 bits per heavy atom. The van der Waals surface area contributed by atoms with E-state index in [1.807, 2.05) is 28.8 Å². The third kappa shape index (κ3) is 1.77. The summed E-state index contributed by atoms with van der Waals surface area (Å²) in [7, 11) is 0. The Balaban J connectivity index is 2.58. The van der Waals surface area contributed by atoms with Crippen molar-refractivity contribution in [1.82, 2.24) is 9.38 Å². The molecule has 78 valence electrons. The van der Waals surface area contributed by atoms with Gasteiger partial charge >= 0.3 is 0 Å². The zero-order chi connectivity index (χ0) is 10.8. The quantitative estimate of drug-likeness (QED) is 0.716. The van der Waals surface area contributed by atoms with Gasteiger partial charge in [-0.15, -0.1) is 0 Å². The van der Waals surface area contributed by atoms with Crippen LogP contribution in [0.15, 0.2) is 24.4 Å². The van der Waals surface area contributed by atoms with E-state index in [1.165, 1.54) is 0 Å². The van der Waals surface area contributed by atoms with E-state index < -0.39 is 0 Å². The molecular formula is C12H14N2O. The van der Waals surface area contributed by atoms with Crippen LogP contribution in [-0.2, 0) is 6.42 Å². The van der Waals surface area contributed by atoms with E-state index >= 15 is 0 Å². The Hall–Kier alpha value is -1.64. The third-order valence-corrected chi connectivity index (χ3v) is 2.36. The van der Waals surface area contributed by atoms with Gasteiger partial charge in [0.2, 0.25) is 0 Å². The van der Waals surface area contributed by atoms with Crippen LogP contribution in [0, 0.1) is 5.92 Å². The highest BCUT2D eigenvalue weighted by atomic mass is 16.1. The second-order valence-electron chi connectivity index (χ2n) is 4.09. The molecular weight excluding hydrogens is 188 g/mol. The molecule has 0 unspecified atom stereocenters. The second-order valence-corrected chi connectivity index (χ2v) is 4.09. The van der Waals surface area contributed by atoms with Gasteiger partial charge < -0.3 is 0 Å². The summed E-state index contributed by atoms with van der Waals surface area (Å²) < 4.78 is 1.84. The van der Waals surface area contributed by atoms with Gasteiger partial charge in [0.25, 0.3) is 0 Å². The minimum absolute atomic E-state index is 0.508. The first-order chi connectivity index (χ1) is 7.22. The van der Waals surface area contributed by atoms with Crippen LogP contribution in [0.1, 0.15) is 30.0 Å². The maximum atomic E-state index is 11.0. The van der Waals surface area contributed by atoms with E-state index in [2.05, 4.69) is 18.8 Å². The number of nitrogens with zero attached hydrogens (tertiary/aromatic N) is 2. The highest BCUT2D eigenvalue weighted by Gasteiger charge is 2.11. The standard InChI is InChI=1S/C12H14N2O/c1-9(2)7-10-11(8-15)14-6-4-3-5-12(14)13-10/h3-6,8-9H,7H2,1-2H3. The van der Waals surface area contributed by atoms with Crippen LogP contribution in [0.2, 0.25) is 0 Å². The molecule has 0 saturated carbocycles. The van der Waals surface area contributed by atoms with Crippen molar-refractivity contribution >= 4 is 11.9 Å². The van der Waals surface area contributed by atoms with Gasteiger partial charge in [0.1, 0.15) is 11.3 Å². The first-order valence-corrected chi connectivity index (χ1v) is 5.13. The van der Waals surface area contributed by atoms with Crippen molar-refractivity contribution in [1.29, 1.82) is 0 Å². The summed E-state index contributed by atoms with van der Waals surface area (Å²) >= 11 is 0. The summed E-state index contributed by atoms with van der Waals surface area (Å²) in [6, 6.07) is 5.74. The van der Waals surface area contributed by atoms with Crippen LogP contribution in [-0.4, -0.2) is 15.7 Å². The van der Waals surface area contributed by atoms with Crippen molar-refractivity contribution in [3.8, 4) is 0 Å². The molecule has 2 heterocycles. The summed E-state index contributed by atoms with van der Waals surface area (Å²) in [6.45, 7) is 4.25. The molecule has 0 aliphatic heterocycles. The maximum absolute atomic E-state index is 11.0. The summed E-state index contributed by atoms with van der Waals surface area (Å²) in [5.74, 6) is 0.508. The molecule has 0 spiro atoms. The topological polar surface area (TPSA) is 34.4 Å². The monoisotopic (exact) mass is 202 g/mol. The molecule has 0 aliphatic rings. The SMILES string of the molecule is CC(C)Cc1nc2ccccn2c1C=O. The zero-order valence-corrected chi connectivity index (χ0v) is 8.97. The lowest BCUT2D eigenvalue weighted by atomic mass is 10.1. The predicted octanol–water partition coefficient (Wildman–Crippen LogP) is 2.35. The number of rotatable bonds is 3. The van der Waals surface area contributed by atoms with Crippen molar-refractivity contribution in [3.05, 3.63) is 35.8 Å². The molecule has 0 N–H and O–H groups in total. The van der Waals surface area contributed by atoms with Gasteiger partial charge in [-0.25, -0.2) is 4.98 Å². The molecule has 0 radical (unpaired) electrons. The van der Waals surface area contributed by atoms with Gasteiger partial charge in [-0.3, -0.25) is 9.20 Å². The molecule has 2 aromatic heterocycles. The molecule has 0 bridgehead atoms. The van der Waals surface area contributed by atoms with Crippen molar-refractivity contribution in [2.24, 2.45) is 5.92 Å². The van der Waals surface area contributed by atoms with Crippen LogP contribution in [0.3, 0.4) is 0 Å². The van der Waals surface area contributed by atoms with Crippen LogP contribution in [0.25, 0.3) is 5.65 Å². The molecule has 0 aromatic carbocycles. The summed E-state index contributed by atoms with van der Waals surface area (Å²) in [4.78, 5) is 15.5. The number of carbonyl (C=O) groups is 1. The summed E-state index contributed by atoms with van der Waals surface area (Å²) in [5.41, 5.74) is 2.42. The van der Waals surface area contributed by atoms with Crippen LogP contribution in [0.5, 0.6) is 0 Å². The smallest absolute Gasteiger partial charge is 0.168 e. The van der Waals surface area contributed by atoms with E-state index in [9.17, 15) is 4.79 Å². The molecule has 3 nitrogen and oxygen atoms in total. The Kier molecular flexibility index (Phi) is 2.54. The number of hydrogen-bond donors (Lipinski definition) is 0. The Labute approximate surface area is 88.8 Å². The van der Waals surface area contributed by atoms with E-state index in [0.29, 0.717) is 11.6 Å². The number of fused-ring (bicyclic) bond motifs is 1. The average molecular weight is 202 g/mol. The molecule has 15 heavy (non-hydrogen) atoms. The third-order valence-electron chi connectivity index (χ3n) is 2.36. The molecule has 0 fully saturated rings. The van der Waals surface area contributed by atoms with Gasteiger partial charge in [0.15, 0.2) is 6.29 Å². The molecule has 0 saturated heterocycles. The molecule has 2 aromatic rings. The molecule has 0 aliphatic carbocycles. The fraction of sp³-hybridized carbons (Fsp3) is 0.333. The van der Waals surface area contributed by atoms with Crippen LogP contribution < -0.4 is 0 Å². The number of pyridine rings is 1. The van der Waals surface area contributed by atoms with Crippen LogP contribution in [0.4, 0.5) is 0 Å². The first kappa shape index (κ1) is 9.90. The summed E-state index contributed by atoms with van der Waals surface area (Å²) in [6.07, 6.45) is 3.60. The number of hydrogen-bond acceptors (Lipinski definition) is 2. The Morgan fingerprint density at radius 2 is 2.27 bits per heavy atom. The number of aldehydes is 1. The highest BCUT2D eigenvalue weighted by Crippen LogP contribution is 2.14. The number of carbonyl (C=O) groups excluding carboxylic acids is 1. The van der Waals surface area contributed by atoms with E-state index in [4.69, 9.17) is 0 Å². The molecule has 0 atom stereocenters. The van der Waals surface area contributed by atoms with Gasteiger partial charge in [-0.2, -0.15) is 0 Å². The molecule has 0 amide bonds. The van der Waals surface area contributed by atoms with E-state index in [1.54, 1.807) is 0 Å². The largest absolute Gasteiger partial charge is 0.297 e. The predicted molar refractivity (Wildman–Crippen MR) is 59.1 cm³/mol. The average Bonchev–Trinajstić information content (AvgIpc) is 2.53. The van der Waals surface area contributed by atoms with Crippen molar-refractivity contribution in [2.75, 3.05) is 0 Å². The maximum Gasteiger partial charge on any atom is 0.168 e. The van der Waals surface area contributed by atoms with Crippen molar-refractivity contribution < 1.29 is 4.79 Å². The van der Waals surface area contributed by atoms with Gasteiger partial charge in [0, 0.05) is 6.20 Å². The second kappa shape index (κ2) is 3.85. The lowest BCUT2D eigenvalue weighted by Crippen LogP contribution is -1.99. The fourth-order valence-electron chi connectivity index (χ4n) is 1.73. The lowest BCUT2D eigenvalue weighted by Gasteiger charge is -2.01. The van der Waals surface area contributed by atoms with Crippen molar-refractivity contribution in [2.45, 2.75) is 20.3 Å². The highest BCUT2D eigenvalue weighted by molar-refractivity contribution is 5.76. The normalized spacial score (nSPS) is 11.1. The van der Waals surface area contributed by atoms with Gasteiger partial charge in [-0.1, -0.05) is 19.9 Å².